The van der Waals surface area contributed by atoms with E-state index in [4.69, 9.17) is 16.9 Å². The van der Waals surface area contributed by atoms with Crippen LogP contribution in [0.3, 0.4) is 0 Å². The number of nitrogens with zero attached hydrogens (tertiary/aromatic N) is 1. The third-order valence-corrected chi connectivity index (χ3v) is 2.02. The third kappa shape index (κ3) is 1.88. The molecule has 0 spiro atoms. The number of nitriles is 1. The van der Waals surface area contributed by atoms with Gasteiger partial charge >= 0.3 is 0 Å². The lowest BCUT2D eigenvalue weighted by Gasteiger charge is -2.03. The molecule has 13 heavy (non-hydrogen) atoms. The van der Waals surface area contributed by atoms with E-state index in [0.717, 1.165) is 0 Å². The molecule has 0 heterocycles. The molecule has 1 aromatic carbocycles. The molecule has 1 nitrogen and oxygen atoms in total. The standard InChI is InChI=1S/C10H7ClFN/c1-6-3-9(11)8(4-10(6)12)7(2)5-13/h3-4H,2H2,1H3. The first kappa shape index (κ1) is 9.76. The third-order valence-electron chi connectivity index (χ3n) is 1.71. The Kier molecular flexibility index (Phi) is 2.69. The summed E-state index contributed by atoms with van der Waals surface area (Å²) in [5.41, 5.74) is 0.982. The average molecular weight is 196 g/mol. The van der Waals surface area contributed by atoms with Gasteiger partial charge in [-0.25, -0.2) is 4.39 Å². The van der Waals surface area contributed by atoms with Gasteiger partial charge in [-0.15, -0.1) is 0 Å². The molecule has 0 fully saturated rings. The molecule has 0 aromatic heterocycles. The van der Waals surface area contributed by atoms with Crippen LogP contribution in [-0.2, 0) is 0 Å². The van der Waals surface area contributed by atoms with E-state index in [2.05, 4.69) is 6.58 Å². The Hall–Kier alpha value is -1.33. The van der Waals surface area contributed by atoms with E-state index in [-0.39, 0.29) is 11.4 Å². The summed E-state index contributed by atoms with van der Waals surface area (Å²) >= 11 is 5.80. The van der Waals surface area contributed by atoms with Crippen molar-refractivity contribution in [1.29, 1.82) is 5.26 Å². The van der Waals surface area contributed by atoms with Gasteiger partial charge in [0, 0.05) is 10.6 Å². The fourth-order valence-electron chi connectivity index (χ4n) is 0.938. The van der Waals surface area contributed by atoms with E-state index in [1.807, 2.05) is 6.07 Å². The molecule has 0 amide bonds. The molecule has 1 aromatic rings. The number of aryl methyl sites for hydroxylation is 1. The average Bonchev–Trinajstić information content (AvgIpc) is 2.10. The van der Waals surface area contributed by atoms with Crippen molar-refractivity contribution in [1.82, 2.24) is 0 Å². The van der Waals surface area contributed by atoms with Gasteiger partial charge in [0.25, 0.3) is 0 Å². The molecule has 0 unspecified atom stereocenters. The SMILES string of the molecule is C=C(C#N)c1cc(F)c(C)cc1Cl. The molecule has 0 aliphatic carbocycles. The van der Waals surface area contributed by atoms with Crippen LogP contribution in [0.1, 0.15) is 11.1 Å². The molecule has 0 N–H and O–H groups in total. The maximum Gasteiger partial charge on any atom is 0.126 e. The maximum absolute atomic E-state index is 13.0. The van der Waals surface area contributed by atoms with Crippen molar-refractivity contribution >= 4 is 17.2 Å². The first-order valence-corrected chi connectivity index (χ1v) is 3.99. The van der Waals surface area contributed by atoms with Crippen LogP contribution in [0.5, 0.6) is 0 Å². The first-order chi connectivity index (χ1) is 6.06. The topological polar surface area (TPSA) is 23.8 Å². The van der Waals surface area contributed by atoms with Crippen LogP contribution in [0.15, 0.2) is 18.7 Å². The smallest absolute Gasteiger partial charge is 0.126 e. The lowest BCUT2D eigenvalue weighted by molar-refractivity contribution is 0.618. The molecule has 0 aliphatic heterocycles. The largest absolute Gasteiger partial charge is 0.207 e. The zero-order chi connectivity index (χ0) is 10.0. The van der Waals surface area contributed by atoms with E-state index < -0.39 is 0 Å². The molecule has 0 aliphatic rings. The van der Waals surface area contributed by atoms with Gasteiger partial charge in [-0.1, -0.05) is 18.2 Å². The minimum absolute atomic E-state index is 0.170. The lowest BCUT2D eigenvalue weighted by atomic mass is 10.1. The summed E-state index contributed by atoms with van der Waals surface area (Å²) in [6, 6.07) is 4.53. The van der Waals surface area contributed by atoms with Crippen molar-refractivity contribution in [3.05, 3.63) is 40.7 Å². The number of hydrogen-bond acceptors (Lipinski definition) is 1. The lowest BCUT2D eigenvalue weighted by Crippen LogP contribution is -1.88. The molecule has 3 heteroatoms. The van der Waals surface area contributed by atoms with E-state index >= 15 is 0 Å². The molecular formula is C10H7ClFN. The number of halogens is 2. The Bertz CT molecular complexity index is 404. The molecule has 0 bridgehead atoms. The van der Waals surface area contributed by atoms with Crippen molar-refractivity contribution in [3.63, 3.8) is 0 Å². The molecule has 0 radical (unpaired) electrons. The van der Waals surface area contributed by atoms with Crippen LogP contribution in [0, 0.1) is 24.1 Å². The second kappa shape index (κ2) is 3.59. The fourth-order valence-corrected chi connectivity index (χ4v) is 1.27. The van der Waals surface area contributed by atoms with Gasteiger partial charge in [0.2, 0.25) is 0 Å². The highest BCUT2D eigenvalue weighted by Crippen LogP contribution is 2.25. The van der Waals surface area contributed by atoms with Gasteiger partial charge < -0.3 is 0 Å². The molecule has 66 valence electrons. The Morgan fingerprint density at radius 3 is 2.77 bits per heavy atom. The van der Waals surface area contributed by atoms with Gasteiger partial charge in [-0.2, -0.15) is 5.26 Å². The van der Waals surface area contributed by atoms with Crippen molar-refractivity contribution in [3.8, 4) is 6.07 Å². The summed E-state index contributed by atoms with van der Waals surface area (Å²) in [6.07, 6.45) is 0. The molecule has 0 atom stereocenters. The van der Waals surface area contributed by atoms with E-state index in [9.17, 15) is 4.39 Å². The molecule has 1 rings (SSSR count). The van der Waals surface area contributed by atoms with Crippen molar-refractivity contribution in [2.75, 3.05) is 0 Å². The van der Waals surface area contributed by atoms with Crippen LogP contribution < -0.4 is 0 Å². The summed E-state index contributed by atoms with van der Waals surface area (Å²) < 4.78 is 13.0. The Labute approximate surface area is 81.1 Å². The summed E-state index contributed by atoms with van der Waals surface area (Å²) in [7, 11) is 0. The van der Waals surface area contributed by atoms with Crippen LogP contribution in [0.2, 0.25) is 5.02 Å². The van der Waals surface area contributed by atoms with Crippen LogP contribution in [-0.4, -0.2) is 0 Å². The fraction of sp³-hybridized carbons (Fsp3) is 0.100. The number of allylic oxidation sites excluding steroid dienone is 1. The summed E-state index contributed by atoms with van der Waals surface area (Å²) in [5, 5.41) is 8.89. The number of hydrogen-bond donors (Lipinski definition) is 0. The quantitative estimate of drug-likeness (QED) is 0.631. The zero-order valence-corrected chi connectivity index (χ0v) is 7.82. The molecule has 0 saturated heterocycles. The van der Waals surface area contributed by atoms with E-state index in [1.54, 1.807) is 6.92 Å². The summed E-state index contributed by atoms with van der Waals surface area (Å²) in [4.78, 5) is 0. The Morgan fingerprint density at radius 1 is 1.62 bits per heavy atom. The summed E-state index contributed by atoms with van der Waals surface area (Å²) in [5.74, 6) is -0.379. The Morgan fingerprint density at radius 2 is 2.23 bits per heavy atom. The maximum atomic E-state index is 13.0. The van der Waals surface area contributed by atoms with Gasteiger partial charge in [-0.3, -0.25) is 0 Å². The highest BCUT2D eigenvalue weighted by molar-refractivity contribution is 6.32. The van der Waals surface area contributed by atoms with Crippen LogP contribution in [0.25, 0.3) is 5.57 Å². The van der Waals surface area contributed by atoms with Gasteiger partial charge in [0.15, 0.2) is 0 Å². The van der Waals surface area contributed by atoms with Crippen molar-refractivity contribution in [2.24, 2.45) is 0 Å². The first-order valence-electron chi connectivity index (χ1n) is 3.61. The number of rotatable bonds is 1. The number of benzene rings is 1. The molecular weight excluding hydrogens is 189 g/mol. The predicted molar refractivity (Wildman–Crippen MR) is 50.8 cm³/mol. The second-order valence-electron chi connectivity index (χ2n) is 2.67. The van der Waals surface area contributed by atoms with Crippen molar-refractivity contribution in [2.45, 2.75) is 6.92 Å². The molecule has 0 saturated carbocycles. The normalized spacial score (nSPS) is 9.38. The minimum Gasteiger partial charge on any atom is -0.207 e. The van der Waals surface area contributed by atoms with Gasteiger partial charge in [-0.05, 0) is 24.6 Å². The highest BCUT2D eigenvalue weighted by atomic mass is 35.5. The van der Waals surface area contributed by atoms with Crippen LogP contribution >= 0.6 is 11.6 Å². The summed E-state index contributed by atoms with van der Waals surface area (Å²) in [6.45, 7) is 5.07. The minimum atomic E-state index is -0.379. The Balaban J connectivity index is 3.33. The van der Waals surface area contributed by atoms with Gasteiger partial charge in [0.1, 0.15) is 5.82 Å². The van der Waals surface area contributed by atoms with E-state index in [1.165, 1.54) is 12.1 Å². The van der Waals surface area contributed by atoms with Crippen LogP contribution in [0.4, 0.5) is 4.39 Å². The van der Waals surface area contributed by atoms with Gasteiger partial charge in [0.05, 0.1) is 11.6 Å². The van der Waals surface area contributed by atoms with E-state index in [0.29, 0.717) is 16.1 Å². The highest BCUT2D eigenvalue weighted by Gasteiger charge is 2.07. The predicted octanol–water partition coefficient (Wildman–Crippen LogP) is 3.32. The second-order valence-corrected chi connectivity index (χ2v) is 3.08. The van der Waals surface area contributed by atoms with Crippen molar-refractivity contribution < 1.29 is 4.39 Å². The zero-order valence-electron chi connectivity index (χ0n) is 7.06. The monoisotopic (exact) mass is 195 g/mol.